The van der Waals surface area contributed by atoms with E-state index >= 15 is 0 Å². The smallest absolute Gasteiger partial charge is 0.170 e. The van der Waals surface area contributed by atoms with Gasteiger partial charge in [-0.25, -0.2) is 0 Å². The molecule has 0 spiro atoms. The van der Waals surface area contributed by atoms with Gasteiger partial charge in [0.05, 0.1) is 5.56 Å². The van der Waals surface area contributed by atoms with Crippen LogP contribution in [0.5, 0.6) is 11.5 Å². The molecule has 0 saturated heterocycles. The van der Waals surface area contributed by atoms with Crippen molar-refractivity contribution >= 4 is 16.6 Å². The van der Waals surface area contributed by atoms with E-state index in [0.717, 1.165) is 16.3 Å². The highest BCUT2D eigenvalue weighted by atomic mass is 16.3. The third-order valence-corrected chi connectivity index (χ3v) is 3.71. The normalized spacial score (nSPS) is 10.8. The molecule has 22 heavy (non-hydrogen) atoms. The second-order valence-corrected chi connectivity index (χ2v) is 5.49. The van der Waals surface area contributed by atoms with Crippen LogP contribution >= 0.6 is 0 Å². The van der Waals surface area contributed by atoms with Crippen molar-refractivity contribution in [3.8, 4) is 11.5 Å². The Morgan fingerprint density at radius 3 is 2.41 bits per heavy atom. The van der Waals surface area contributed by atoms with E-state index in [1.807, 2.05) is 37.3 Å². The number of carbonyl (C=O) groups excluding carboxylic acids is 1. The fraction of sp³-hybridized carbons (Fsp3) is 0.105. The number of rotatable bonds is 3. The number of phenolic OH excluding ortho intramolecular Hbond substituents is 2. The average Bonchev–Trinajstić information content (AvgIpc) is 2.47. The lowest BCUT2D eigenvalue weighted by Crippen LogP contribution is -2.03. The van der Waals surface area contributed by atoms with Gasteiger partial charge in [-0.15, -0.1) is 0 Å². The van der Waals surface area contributed by atoms with Crippen LogP contribution in [0.15, 0.2) is 54.6 Å². The molecule has 0 fully saturated rings. The summed E-state index contributed by atoms with van der Waals surface area (Å²) in [5, 5.41) is 21.3. The van der Waals surface area contributed by atoms with Crippen LogP contribution in [0.1, 0.15) is 21.5 Å². The predicted octanol–water partition coefficient (Wildman–Crippen LogP) is 3.98. The van der Waals surface area contributed by atoms with Gasteiger partial charge < -0.3 is 10.2 Å². The zero-order chi connectivity index (χ0) is 15.7. The molecule has 3 aromatic carbocycles. The van der Waals surface area contributed by atoms with Crippen LogP contribution in [-0.4, -0.2) is 16.0 Å². The van der Waals surface area contributed by atoms with Gasteiger partial charge in [-0.3, -0.25) is 4.79 Å². The number of Topliss-reactive ketones (excluding diaryl/α,β-unsaturated/α-hetero) is 1. The van der Waals surface area contributed by atoms with Gasteiger partial charge in [0.1, 0.15) is 11.5 Å². The van der Waals surface area contributed by atoms with Crippen LogP contribution < -0.4 is 0 Å². The zero-order valence-electron chi connectivity index (χ0n) is 12.2. The second-order valence-electron chi connectivity index (χ2n) is 5.49. The van der Waals surface area contributed by atoms with Gasteiger partial charge in [0.2, 0.25) is 0 Å². The molecule has 3 nitrogen and oxygen atoms in total. The molecule has 3 heteroatoms. The third-order valence-electron chi connectivity index (χ3n) is 3.71. The van der Waals surface area contributed by atoms with Crippen molar-refractivity contribution in [2.75, 3.05) is 0 Å². The summed E-state index contributed by atoms with van der Waals surface area (Å²) < 4.78 is 0. The summed E-state index contributed by atoms with van der Waals surface area (Å²) in [5.41, 5.74) is 2.32. The Balaban J connectivity index is 1.89. The Kier molecular flexibility index (Phi) is 3.55. The molecule has 2 N–H and O–H groups in total. The van der Waals surface area contributed by atoms with Crippen molar-refractivity contribution in [3.63, 3.8) is 0 Å². The number of ketones is 1. The molecule has 0 aliphatic carbocycles. The van der Waals surface area contributed by atoms with Gasteiger partial charge in [0, 0.05) is 12.5 Å². The lowest BCUT2D eigenvalue weighted by molar-refractivity contribution is 0.0990. The van der Waals surface area contributed by atoms with E-state index in [4.69, 9.17) is 0 Å². The molecule has 110 valence electrons. The SMILES string of the molecule is Cc1ccc2cc(CC(=O)c3ccc(O)cc3O)ccc2c1. The van der Waals surface area contributed by atoms with Gasteiger partial charge in [0.15, 0.2) is 5.78 Å². The van der Waals surface area contributed by atoms with E-state index in [9.17, 15) is 15.0 Å². The van der Waals surface area contributed by atoms with E-state index in [2.05, 4.69) is 6.07 Å². The molecule has 3 aromatic rings. The van der Waals surface area contributed by atoms with Crippen LogP contribution in [0.4, 0.5) is 0 Å². The van der Waals surface area contributed by atoms with Crippen LogP contribution in [0.3, 0.4) is 0 Å². The molecular formula is C19H16O3. The average molecular weight is 292 g/mol. The first-order valence-corrected chi connectivity index (χ1v) is 7.07. The van der Waals surface area contributed by atoms with Gasteiger partial charge in [-0.2, -0.15) is 0 Å². The molecular weight excluding hydrogens is 276 g/mol. The molecule has 0 radical (unpaired) electrons. The van der Waals surface area contributed by atoms with E-state index in [1.165, 1.54) is 23.8 Å². The first kappa shape index (κ1) is 14.1. The van der Waals surface area contributed by atoms with Gasteiger partial charge in [-0.1, -0.05) is 42.0 Å². The van der Waals surface area contributed by atoms with E-state index < -0.39 is 0 Å². The maximum atomic E-state index is 12.3. The van der Waals surface area contributed by atoms with Crippen molar-refractivity contribution in [1.29, 1.82) is 0 Å². The summed E-state index contributed by atoms with van der Waals surface area (Å²) in [6, 6.07) is 16.1. The fourth-order valence-corrected chi connectivity index (χ4v) is 2.56. The first-order chi connectivity index (χ1) is 10.5. The molecule has 0 atom stereocenters. The van der Waals surface area contributed by atoms with Crippen molar-refractivity contribution in [3.05, 3.63) is 71.3 Å². The van der Waals surface area contributed by atoms with Crippen LogP contribution in [-0.2, 0) is 6.42 Å². The number of hydrogen-bond acceptors (Lipinski definition) is 3. The van der Waals surface area contributed by atoms with E-state index in [-0.39, 0.29) is 29.3 Å². The highest BCUT2D eigenvalue weighted by Gasteiger charge is 2.12. The van der Waals surface area contributed by atoms with E-state index in [0.29, 0.717) is 0 Å². The summed E-state index contributed by atoms with van der Waals surface area (Å²) in [6.07, 6.45) is 0.210. The maximum Gasteiger partial charge on any atom is 0.170 e. The Labute approximate surface area is 128 Å². The Bertz CT molecular complexity index is 866. The molecule has 0 heterocycles. The third kappa shape index (κ3) is 2.79. The lowest BCUT2D eigenvalue weighted by Gasteiger charge is -2.06. The van der Waals surface area contributed by atoms with Crippen LogP contribution in [0, 0.1) is 6.92 Å². The molecule has 0 bridgehead atoms. The van der Waals surface area contributed by atoms with Crippen LogP contribution in [0.2, 0.25) is 0 Å². The molecule has 0 amide bonds. The number of benzene rings is 3. The standard InChI is InChI=1S/C19H16O3/c1-12-2-4-15-9-13(3-5-14(15)8-12)10-18(21)17-7-6-16(20)11-19(17)22/h2-9,11,20,22H,10H2,1H3. The molecule has 0 aliphatic heterocycles. The molecule has 3 rings (SSSR count). The lowest BCUT2D eigenvalue weighted by atomic mass is 9.99. The number of aromatic hydroxyl groups is 2. The minimum atomic E-state index is -0.193. The predicted molar refractivity (Wildman–Crippen MR) is 86.5 cm³/mol. The largest absolute Gasteiger partial charge is 0.508 e. The topological polar surface area (TPSA) is 57.5 Å². The summed E-state index contributed by atoms with van der Waals surface area (Å²) in [5.74, 6) is -0.430. The monoisotopic (exact) mass is 292 g/mol. The summed E-state index contributed by atoms with van der Waals surface area (Å²) in [6.45, 7) is 2.05. The van der Waals surface area contributed by atoms with Gasteiger partial charge in [0.25, 0.3) is 0 Å². The Hall–Kier alpha value is -2.81. The van der Waals surface area contributed by atoms with Gasteiger partial charge in [-0.05, 0) is 35.4 Å². The maximum absolute atomic E-state index is 12.3. The fourth-order valence-electron chi connectivity index (χ4n) is 2.56. The van der Waals surface area contributed by atoms with Crippen molar-refractivity contribution in [2.24, 2.45) is 0 Å². The zero-order valence-corrected chi connectivity index (χ0v) is 12.2. The highest BCUT2D eigenvalue weighted by Crippen LogP contribution is 2.25. The minimum Gasteiger partial charge on any atom is -0.508 e. The molecule has 0 unspecified atom stereocenters. The van der Waals surface area contributed by atoms with Crippen molar-refractivity contribution in [1.82, 2.24) is 0 Å². The number of carbonyl (C=O) groups is 1. The minimum absolute atomic E-state index is 0.0601. The summed E-state index contributed by atoms with van der Waals surface area (Å²) in [4.78, 5) is 12.3. The first-order valence-electron chi connectivity index (χ1n) is 7.07. The molecule has 0 aliphatic rings. The van der Waals surface area contributed by atoms with Gasteiger partial charge >= 0.3 is 0 Å². The number of phenols is 2. The summed E-state index contributed by atoms with van der Waals surface area (Å²) in [7, 11) is 0. The number of hydrogen-bond donors (Lipinski definition) is 2. The highest BCUT2D eigenvalue weighted by molar-refractivity contribution is 6.00. The quantitative estimate of drug-likeness (QED) is 0.718. The molecule has 0 aromatic heterocycles. The van der Waals surface area contributed by atoms with Crippen molar-refractivity contribution < 1.29 is 15.0 Å². The van der Waals surface area contributed by atoms with E-state index in [1.54, 1.807) is 0 Å². The number of fused-ring (bicyclic) bond motifs is 1. The van der Waals surface area contributed by atoms with Crippen LogP contribution in [0.25, 0.3) is 10.8 Å². The Morgan fingerprint density at radius 2 is 1.64 bits per heavy atom. The summed E-state index contributed by atoms with van der Waals surface area (Å²) >= 11 is 0. The number of aryl methyl sites for hydroxylation is 1. The Morgan fingerprint density at radius 1 is 0.909 bits per heavy atom. The molecule has 0 saturated carbocycles. The van der Waals surface area contributed by atoms with Crippen molar-refractivity contribution in [2.45, 2.75) is 13.3 Å². The second kappa shape index (κ2) is 5.53.